The first-order chi connectivity index (χ1) is 7.55. The van der Waals surface area contributed by atoms with Crippen LogP contribution in [0.2, 0.25) is 0 Å². The molecule has 16 heavy (non-hydrogen) atoms. The van der Waals surface area contributed by atoms with Gasteiger partial charge in [-0.1, -0.05) is 36.9 Å². The molecule has 1 aromatic rings. The van der Waals surface area contributed by atoms with Crippen LogP contribution >= 0.6 is 0 Å². The third kappa shape index (κ3) is 4.17. The number of nitrogens with one attached hydrogen (secondary N) is 1. The Morgan fingerprint density at radius 3 is 2.50 bits per heavy atom. The van der Waals surface area contributed by atoms with Crippen molar-refractivity contribution in [3.63, 3.8) is 0 Å². The standard InChI is InChI=1S/C14H21NO/c1-12(13-8-6-5-7-9-13)10-15-11-14(2,3)16-4/h5-9,15H,1,10-11H2,2-4H3. The molecular weight excluding hydrogens is 198 g/mol. The van der Waals surface area contributed by atoms with Gasteiger partial charge in [0.2, 0.25) is 0 Å². The summed E-state index contributed by atoms with van der Waals surface area (Å²) < 4.78 is 5.33. The van der Waals surface area contributed by atoms with Crippen molar-refractivity contribution >= 4 is 5.57 Å². The fraction of sp³-hybridized carbons (Fsp3) is 0.429. The van der Waals surface area contributed by atoms with E-state index in [4.69, 9.17) is 4.74 Å². The van der Waals surface area contributed by atoms with Gasteiger partial charge in [0.1, 0.15) is 0 Å². The van der Waals surface area contributed by atoms with Crippen LogP contribution in [0.4, 0.5) is 0 Å². The van der Waals surface area contributed by atoms with E-state index in [1.165, 1.54) is 5.56 Å². The summed E-state index contributed by atoms with van der Waals surface area (Å²) in [6.07, 6.45) is 0. The SMILES string of the molecule is C=C(CNCC(C)(C)OC)c1ccccc1. The fourth-order valence-corrected chi connectivity index (χ4v) is 1.36. The van der Waals surface area contributed by atoms with Crippen molar-refractivity contribution < 1.29 is 4.74 Å². The average Bonchev–Trinajstić information content (AvgIpc) is 2.30. The van der Waals surface area contributed by atoms with Crippen LogP contribution in [-0.4, -0.2) is 25.8 Å². The number of rotatable bonds is 6. The average molecular weight is 219 g/mol. The third-order valence-electron chi connectivity index (χ3n) is 2.62. The second-order valence-corrected chi connectivity index (χ2v) is 4.54. The van der Waals surface area contributed by atoms with Gasteiger partial charge >= 0.3 is 0 Å². The molecule has 0 amide bonds. The van der Waals surface area contributed by atoms with Gasteiger partial charge < -0.3 is 10.1 Å². The van der Waals surface area contributed by atoms with E-state index in [0.29, 0.717) is 0 Å². The zero-order valence-electron chi connectivity index (χ0n) is 10.4. The Kier molecular flexibility index (Phi) is 4.71. The molecule has 1 N–H and O–H groups in total. The van der Waals surface area contributed by atoms with Gasteiger partial charge in [-0.2, -0.15) is 0 Å². The zero-order chi connectivity index (χ0) is 12.0. The molecule has 1 rings (SSSR count). The normalized spacial score (nSPS) is 11.4. The molecule has 0 aromatic heterocycles. The number of hydrogen-bond donors (Lipinski definition) is 1. The number of hydrogen-bond acceptors (Lipinski definition) is 2. The van der Waals surface area contributed by atoms with E-state index in [2.05, 4.69) is 37.9 Å². The Bertz CT molecular complexity index is 330. The summed E-state index contributed by atoms with van der Waals surface area (Å²) >= 11 is 0. The summed E-state index contributed by atoms with van der Waals surface area (Å²) in [5.41, 5.74) is 2.16. The Hall–Kier alpha value is -1.12. The smallest absolute Gasteiger partial charge is 0.0746 e. The molecule has 2 nitrogen and oxygen atoms in total. The van der Waals surface area contributed by atoms with E-state index in [0.717, 1.165) is 18.7 Å². The van der Waals surface area contributed by atoms with Crippen LogP contribution in [0.5, 0.6) is 0 Å². The van der Waals surface area contributed by atoms with Crippen LogP contribution < -0.4 is 5.32 Å². The minimum atomic E-state index is -0.128. The van der Waals surface area contributed by atoms with Crippen molar-refractivity contribution in [2.24, 2.45) is 0 Å². The molecule has 0 radical (unpaired) electrons. The lowest BCUT2D eigenvalue weighted by Crippen LogP contribution is -2.37. The minimum Gasteiger partial charge on any atom is -0.377 e. The van der Waals surface area contributed by atoms with Crippen molar-refractivity contribution in [3.05, 3.63) is 42.5 Å². The van der Waals surface area contributed by atoms with Gasteiger partial charge in [0.25, 0.3) is 0 Å². The Morgan fingerprint density at radius 1 is 1.31 bits per heavy atom. The quantitative estimate of drug-likeness (QED) is 0.794. The molecule has 0 spiro atoms. The van der Waals surface area contributed by atoms with Gasteiger partial charge in [-0.3, -0.25) is 0 Å². The van der Waals surface area contributed by atoms with E-state index >= 15 is 0 Å². The predicted molar refractivity (Wildman–Crippen MR) is 69.4 cm³/mol. The summed E-state index contributed by atoms with van der Waals surface area (Å²) in [7, 11) is 1.73. The van der Waals surface area contributed by atoms with Crippen molar-refractivity contribution in [1.29, 1.82) is 0 Å². The summed E-state index contributed by atoms with van der Waals surface area (Å²) in [6.45, 7) is 9.79. The van der Waals surface area contributed by atoms with Crippen LogP contribution in [0, 0.1) is 0 Å². The van der Waals surface area contributed by atoms with Gasteiger partial charge in [0.05, 0.1) is 5.60 Å². The Morgan fingerprint density at radius 2 is 1.94 bits per heavy atom. The van der Waals surface area contributed by atoms with Gasteiger partial charge in [-0.15, -0.1) is 0 Å². The molecule has 0 saturated heterocycles. The molecule has 0 saturated carbocycles. The highest BCUT2D eigenvalue weighted by atomic mass is 16.5. The van der Waals surface area contributed by atoms with Gasteiger partial charge in [0.15, 0.2) is 0 Å². The molecule has 88 valence electrons. The number of benzene rings is 1. The summed E-state index contributed by atoms with van der Waals surface area (Å²) in [5.74, 6) is 0. The van der Waals surface area contributed by atoms with E-state index in [1.807, 2.05) is 18.2 Å². The van der Waals surface area contributed by atoms with Crippen LogP contribution in [0.3, 0.4) is 0 Å². The maximum absolute atomic E-state index is 5.33. The molecular formula is C14H21NO. The largest absolute Gasteiger partial charge is 0.377 e. The first-order valence-electron chi connectivity index (χ1n) is 5.54. The number of ether oxygens (including phenoxy) is 1. The lowest BCUT2D eigenvalue weighted by Gasteiger charge is -2.23. The molecule has 0 aliphatic rings. The molecule has 0 fully saturated rings. The monoisotopic (exact) mass is 219 g/mol. The maximum Gasteiger partial charge on any atom is 0.0746 e. The summed E-state index contributed by atoms with van der Waals surface area (Å²) in [6, 6.07) is 10.2. The fourth-order valence-electron chi connectivity index (χ4n) is 1.36. The lowest BCUT2D eigenvalue weighted by atomic mass is 10.1. The van der Waals surface area contributed by atoms with Crippen LogP contribution in [-0.2, 0) is 4.74 Å². The topological polar surface area (TPSA) is 21.3 Å². The third-order valence-corrected chi connectivity index (χ3v) is 2.62. The molecule has 0 unspecified atom stereocenters. The zero-order valence-corrected chi connectivity index (χ0v) is 10.4. The van der Waals surface area contributed by atoms with Crippen LogP contribution in [0.15, 0.2) is 36.9 Å². The van der Waals surface area contributed by atoms with Gasteiger partial charge in [-0.25, -0.2) is 0 Å². The minimum absolute atomic E-state index is 0.128. The molecule has 0 heterocycles. The van der Waals surface area contributed by atoms with Gasteiger partial charge in [-0.05, 0) is 25.0 Å². The maximum atomic E-state index is 5.33. The first-order valence-corrected chi connectivity index (χ1v) is 5.54. The molecule has 0 atom stereocenters. The van der Waals surface area contributed by atoms with Crippen molar-refractivity contribution in [2.75, 3.05) is 20.2 Å². The molecule has 0 bridgehead atoms. The van der Waals surface area contributed by atoms with E-state index in [-0.39, 0.29) is 5.60 Å². The van der Waals surface area contributed by atoms with E-state index in [1.54, 1.807) is 7.11 Å². The van der Waals surface area contributed by atoms with Crippen LogP contribution in [0.25, 0.3) is 5.57 Å². The predicted octanol–water partition coefficient (Wildman–Crippen LogP) is 2.71. The van der Waals surface area contributed by atoms with E-state index in [9.17, 15) is 0 Å². The van der Waals surface area contributed by atoms with E-state index < -0.39 is 0 Å². The second kappa shape index (κ2) is 5.83. The molecule has 0 aliphatic heterocycles. The lowest BCUT2D eigenvalue weighted by molar-refractivity contribution is 0.0242. The molecule has 1 aromatic carbocycles. The Labute approximate surface area is 98.3 Å². The second-order valence-electron chi connectivity index (χ2n) is 4.54. The van der Waals surface area contributed by atoms with Crippen molar-refractivity contribution in [1.82, 2.24) is 5.32 Å². The molecule has 2 heteroatoms. The van der Waals surface area contributed by atoms with Crippen molar-refractivity contribution in [2.45, 2.75) is 19.4 Å². The first kappa shape index (κ1) is 12.9. The Balaban J connectivity index is 2.37. The summed E-state index contributed by atoms with van der Waals surface area (Å²) in [5, 5.41) is 3.35. The number of methoxy groups -OCH3 is 1. The molecule has 0 aliphatic carbocycles. The van der Waals surface area contributed by atoms with Crippen LogP contribution in [0.1, 0.15) is 19.4 Å². The summed E-state index contributed by atoms with van der Waals surface area (Å²) in [4.78, 5) is 0. The van der Waals surface area contributed by atoms with Crippen molar-refractivity contribution in [3.8, 4) is 0 Å². The highest BCUT2D eigenvalue weighted by Crippen LogP contribution is 2.11. The highest BCUT2D eigenvalue weighted by molar-refractivity contribution is 5.64. The highest BCUT2D eigenvalue weighted by Gasteiger charge is 2.15. The van der Waals surface area contributed by atoms with Gasteiger partial charge in [0, 0.05) is 20.2 Å².